The van der Waals surface area contributed by atoms with Crippen LogP contribution < -0.4 is 10.4 Å². The maximum Gasteiger partial charge on any atom is 0.433 e. The first kappa shape index (κ1) is 23.4. The number of phenolic OH excluding ortho intramolecular Hbond substituents is 1. The van der Waals surface area contributed by atoms with Crippen LogP contribution in [0.2, 0.25) is 0 Å². The van der Waals surface area contributed by atoms with E-state index in [1.54, 1.807) is 24.3 Å². The minimum Gasteiger partial charge on any atom is -0.507 e. The predicted molar refractivity (Wildman–Crippen MR) is 119 cm³/mol. The van der Waals surface area contributed by atoms with Crippen molar-refractivity contribution < 1.29 is 33.0 Å². The predicted octanol–water partition coefficient (Wildman–Crippen LogP) is 3.76. The summed E-state index contributed by atoms with van der Waals surface area (Å²) in [7, 11) is 0. The number of hydrazone groups is 2. The van der Waals surface area contributed by atoms with Crippen molar-refractivity contribution in [2.24, 2.45) is 10.2 Å². The van der Waals surface area contributed by atoms with Gasteiger partial charge in [0.1, 0.15) is 11.4 Å². The highest BCUT2D eigenvalue weighted by Gasteiger charge is 2.36. The number of rotatable bonds is 5. The van der Waals surface area contributed by atoms with E-state index in [-0.39, 0.29) is 34.0 Å². The summed E-state index contributed by atoms with van der Waals surface area (Å²) in [6, 6.07) is 11.2. The Morgan fingerprint density at radius 3 is 2.49 bits per heavy atom. The molecule has 4 rings (SSSR count). The third-order valence-corrected chi connectivity index (χ3v) is 4.88. The number of para-hydroxylation sites is 2. The van der Waals surface area contributed by atoms with Crippen LogP contribution >= 0.6 is 0 Å². The number of carboxylic acids is 1. The van der Waals surface area contributed by atoms with Gasteiger partial charge < -0.3 is 10.2 Å². The van der Waals surface area contributed by atoms with Crippen LogP contribution in [0.25, 0.3) is 11.1 Å². The average molecular weight is 484 g/mol. The molecule has 2 aromatic carbocycles. The number of alkyl halides is 3. The van der Waals surface area contributed by atoms with Crippen LogP contribution in [0.5, 0.6) is 5.75 Å². The van der Waals surface area contributed by atoms with E-state index in [1.807, 2.05) is 0 Å². The highest BCUT2D eigenvalue weighted by molar-refractivity contribution is 6.71. The second-order valence-corrected chi connectivity index (χ2v) is 7.16. The molecule has 3 aromatic rings. The molecule has 0 saturated heterocycles. The maximum absolute atomic E-state index is 13.0. The molecule has 0 spiro atoms. The molecular weight excluding hydrogens is 469 g/mol. The number of anilines is 2. The van der Waals surface area contributed by atoms with Crippen molar-refractivity contribution in [1.29, 1.82) is 0 Å². The van der Waals surface area contributed by atoms with Gasteiger partial charge in [-0.1, -0.05) is 30.3 Å². The molecule has 0 aliphatic carbocycles. The van der Waals surface area contributed by atoms with E-state index in [4.69, 9.17) is 0 Å². The van der Waals surface area contributed by atoms with Gasteiger partial charge in [-0.15, -0.1) is 0 Å². The van der Waals surface area contributed by atoms with Gasteiger partial charge in [-0.05, 0) is 25.1 Å². The van der Waals surface area contributed by atoms with Gasteiger partial charge in [0.15, 0.2) is 5.71 Å². The zero-order chi connectivity index (χ0) is 25.3. The Balaban J connectivity index is 1.71. The first-order valence-electron chi connectivity index (χ1n) is 9.86. The summed E-state index contributed by atoms with van der Waals surface area (Å²) in [5.74, 6) is -2.94. The Kier molecular flexibility index (Phi) is 5.91. The topological polar surface area (TPSA) is 140 Å². The lowest BCUT2D eigenvalue weighted by molar-refractivity contribution is -0.141. The van der Waals surface area contributed by atoms with E-state index in [0.29, 0.717) is 16.6 Å². The lowest BCUT2D eigenvalue weighted by atomic mass is 9.99. The summed E-state index contributed by atoms with van der Waals surface area (Å²) in [5, 5.41) is 28.3. The zero-order valence-electron chi connectivity index (χ0n) is 17.8. The van der Waals surface area contributed by atoms with Gasteiger partial charge in [0.2, 0.25) is 0 Å². The first-order valence-corrected chi connectivity index (χ1v) is 9.86. The highest BCUT2D eigenvalue weighted by Crippen LogP contribution is 2.36. The number of aromatic nitrogens is 2. The number of hydrogen-bond donors (Lipinski definition) is 3. The summed E-state index contributed by atoms with van der Waals surface area (Å²) >= 11 is 0. The molecule has 0 atom stereocenters. The maximum atomic E-state index is 13.0. The molecule has 0 bridgehead atoms. The van der Waals surface area contributed by atoms with Crippen molar-refractivity contribution in [3.05, 3.63) is 66.0 Å². The summed E-state index contributed by atoms with van der Waals surface area (Å²) in [6.07, 6.45) is -3.91. The van der Waals surface area contributed by atoms with E-state index in [2.05, 4.69) is 25.6 Å². The van der Waals surface area contributed by atoms with Crippen molar-refractivity contribution in [1.82, 2.24) is 9.97 Å². The third-order valence-electron chi connectivity index (χ3n) is 4.88. The third kappa shape index (κ3) is 4.51. The van der Waals surface area contributed by atoms with Gasteiger partial charge >= 0.3 is 18.1 Å². The Morgan fingerprint density at radius 2 is 1.80 bits per heavy atom. The molecule has 178 valence electrons. The molecule has 3 N–H and O–H groups in total. The molecule has 13 heteroatoms. The van der Waals surface area contributed by atoms with Gasteiger partial charge in [-0.25, -0.2) is 14.8 Å². The number of amides is 1. The van der Waals surface area contributed by atoms with Gasteiger partial charge in [0.25, 0.3) is 5.95 Å². The summed E-state index contributed by atoms with van der Waals surface area (Å²) in [4.78, 5) is 31.7. The fourth-order valence-corrected chi connectivity index (χ4v) is 3.26. The van der Waals surface area contributed by atoms with Crippen molar-refractivity contribution in [2.75, 3.05) is 10.4 Å². The molecule has 35 heavy (non-hydrogen) atoms. The summed E-state index contributed by atoms with van der Waals surface area (Å²) in [6.45, 7) is 1.39. The van der Waals surface area contributed by atoms with E-state index in [9.17, 15) is 33.0 Å². The molecule has 10 nitrogen and oxygen atoms in total. The van der Waals surface area contributed by atoms with Crippen LogP contribution in [0.4, 0.5) is 24.8 Å². The molecule has 1 aromatic heterocycles. The smallest absolute Gasteiger partial charge is 0.433 e. The normalized spacial score (nSPS) is 14.9. The van der Waals surface area contributed by atoms with Crippen molar-refractivity contribution in [2.45, 2.75) is 13.1 Å². The SMILES string of the molecule is CC1=NN(c2nccc(C(F)(F)F)n2)C(=O)C1=NNc1c(C(=O)O)cccc1-c1ccccc1O. The molecule has 1 aliphatic heterocycles. The fraction of sp³-hybridized carbons (Fsp3) is 0.0909. The molecule has 0 unspecified atom stereocenters. The molecular formula is C22H15F3N6O4. The standard InChI is InChI=1S/C22H15F3N6O4/c1-11-17(19(33)31(30-11)21-26-10-9-16(27-21)22(23,24)25)28-29-18-13(6-4-7-14(18)20(34)35)12-5-2-3-8-15(12)32/h2-10,29,32H,1H3,(H,34,35). The molecule has 1 aliphatic rings. The number of halogens is 3. The number of carboxylic acid groups (broad SMARTS) is 1. The Bertz CT molecular complexity index is 1400. The number of benzene rings is 2. The van der Waals surface area contributed by atoms with Crippen molar-refractivity contribution >= 4 is 34.9 Å². The number of phenols is 1. The first-order chi connectivity index (χ1) is 16.6. The number of aromatic carboxylic acids is 1. The lowest BCUT2D eigenvalue weighted by Gasteiger charge is -2.14. The fourth-order valence-electron chi connectivity index (χ4n) is 3.26. The molecule has 0 radical (unpaired) electrons. The van der Waals surface area contributed by atoms with Crippen LogP contribution in [0, 0.1) is 0 Å². The van der Waals surface area contributed by atoms with Crippen LogP contribution in [0.3, 0.4) is 0 Å². The number of nitrogens with one attached hydrogen (secondary N) is 1. The van der Waals surface area contributed by atoms with Crippen LogP contribution in [0.1, 0.15) is 23.0 Å². The minimum absolute atomic E-state index is 0.0247. The Hall–Kier alpha value is -4.81. The van der Waals surface area contributed by atoms with Crippen LogP contribution in [-0.4, -0.2) is 43.5 Å². The summed E-state index contributed by atoms with van der Waals surface area (Å²) < 4.78 is 39.0. The van der Waals surface area contributed by atoms with Gasteiger partial charge in [0, 0.05) is 17.3 Å². The van der Waals surface area contributed by atoms with Crippen molar-refractivity contribution in [3.63, 3.8) is 0 Å². The van der Waals surface area contributed by atoms with Gasteiger partial charge in [-0.2, -0.15) is 28.4 Å². The van der Waals surface area contributed by atoms with Gasteiger partial charge in [-0.3, -0.25) is 10.2 Å². The van der Waals surface area contributed by atoms with Crippen LogP contribution in [0.15, 0.2) is 64.9 Å². The van der Waals surface area contributed by atoms with Crippen molar-refractivity contribution in [3.8, 4) is 16.9 Å². The zero-order valence-corrected chi connectivity index (χ0v) is 17.8. The quantitative estimate of drug-likeness (QED) is 0.469. The summed E-state index contributed by atoms with van der Waals surface area (Å²) in [5.41, 5.74) is 1.39. The minimum atomic E-state index is -4.75. The number of aromatic hydroxyl groups is 1. The molecule has 2 heterocycles. The molecule has 0 saturated carbocycles. The van der Waals surface area contributed by atoms with E-state index >= 15 is 0 Å². The average Bonchev–Trinajstić information content (AvgIpc) is 3.10. The monoisotopic (exact) mass is 484 g/mol. The van der Waals surface area contributed by atoms with E-state index in [0.717, 1.165) is 6.20 Å². The van der Waals surface area contributed by atoms with Crippen LogP contribution in [-0.2, 0) is 11.0 Å². The number of hydrogen-bond acceptors (Lipinski definition) is 8. The van der Waals surface area contributed by atoms with Gasteiger partial charge in [0.05, 0.1) is 17.0 Å². The largest absolute Gasteiger partial charge is 0.507 e. The number of carbonyl (C=O) groups is 2. The second-order valence-electron chi connectivity index (χ2n) is 7.16. The lowest BCUT2D eigenvalue weighted by Crippen LogP contribution is -2.29. The molecule has 0 fully saturated rings. The Labute approximate surface area is 195 Å². The molecule has 1 amide bonds. The second kappa shape index (κ2) is 8.85. The van der Waals surface area contributed by atoms with E-state index < -0.39 is 29.7 Å². The highest BCUT2D eigenvalue weighted by atomic mass is 19.4. The number of nitrogens with zero attached hydrogens (tertiary/aromatic N) is 5. The number of carbonyl (C=O) groups excluding carboxylic acids is 1. The van der Waals surface area contributed by atoms with E-state index in [1.165, 1.54) is 25.1 Å². The Morgan fingerprint density at radius 1 is 1.09 bits per heavy atom.